The van der Waals surface area contributed by atoms with Crippen LogP contribution in [0, 0.1) is 12.8 Å². The third-order valence-corrected chi connectivity index (χ3v) is 6.34. The van der Waals surface area contributed by atoms with Crippen LogP contribution in [0.5, 0.6) is 0 Å². The first-order valence-electron chi connectivity index (χ1n) is 10.3. The van der Waals surface area contributed by atoms with Crippen LogP contribution >= 0.6 is 11.8 Å². The highest BCUT2D eigenvalue weighted by molar-refractivity contribution is 7.99. The average molecular weight is 436 g/mol. The molecule has 31 heavy (non-hydrogen) atoms. The molecule has 0 spiro atoms. The monoisotopic (exact) mass is 435 g/mol. The summed E-state index contributed by atoms with van der Waals surface area (Å²) in [6.45, 7) is 3.09. The van der Waals surface area contributed by atoms with Crippen LogP contribution < -0.4 is 5.73 Å². The van der Waals surface area contributed by atoms with Gasteiger partial charge in [-0.25, -0.2) is 0 Å². The summed E-state index contributed by atoms with van der Waals surface area (Å²) in [4.78, 5) is 26.1. The summed E-state index contributed by atoms with van der Waals surface area (Å²) in [5.74, 6) is 0.345. The Labute approximate surface area is 185 Å². The van der Waals surface area contributed by atoms with Gasteiger partial charge in [0.1, 0.15) is 0 Å². The van der Waals surface area contributed by atoms with E-state index in [4.69, 9.17) is 5.73 Å². The van der Waals surface area contributed by atoms with Gasteiger partial charge < -0.3 is 10.6 Å². The summed E-state index contributed by atoms with van der Waals surface area (Å²) in [5, 5.41) is 9.48. The molecule has 1 unspecified atom stereocenters. The number of likely N-dealkylation sites (tertiary alicyclic amines) is 1. The molecular formula is C23H25N5O2S. The smallest absolute Gasteiger partial charge is 0.233 e. The number of carbonyl (C=O) groups is 2. The van der Waals surface area contributed by atoms with Gasteiger partial charge in [-0.15, -0.1) is 10.2 Å². The van der Waals surface area contributed by atoms with Crippen molar-refractivity contribution in [2.75, 3.05) is 18.8 Å². The van der Waals surface area contributed by atoms with E-state index in [2.05, 4.69) is 16.3 Å². The highest BCUT2D eigenvalue weighted by Gasteiger charge is 2.27. The molecule has 0 aliphatic carbocycles. The molecule has 1 saturated heterocycles. The van der Waals surface area contributed by atoms with Gasteiger partial charge in [0, 0.05) is 24.3 Å². The lowest BCUT2D eigenvalue weighted by Gasteiger charge is -2.31. The maximum Gasteiger partial charge on any atom is 0.233 e. The second-order valence-electron chi connectivity index (χ2n) is 7.72. The molecular weight excluding hydrogens is 410 g/mol. The molecule has 0 radical (unpaired) electrons. The van der Waals surface area contributed by atoms with Crippen LogP contribution in [0.1, 0.15) is 18.4 Å². The topological polar surface area (TPSA) is 94.1 Å². The third-order valence-electron chi connectivity index (χ3n) is 5.43. The largest absolute Gasteiger partial charge is 0.369 e. The quantitative estimate of drug-likeness (QED) is 0.601. The van der Waals surface area contributed by atoms with Crippen LogP contribution in [0.15, 0.2) is 59.8 Å². The molecule has 2 heterocycles. The molecule has 3 aromatic rings. The van der Waals surface area contributed by atoms with Crippen molar-refractivity contribution < 1.29 is 9.59 Å². The number of primary amides is 1. The van der Waals surface area contributed by atoms with E-state index >= 15 is 0 Å². The van der Waals surface area contributed by atoms with Crippen molar-refractivity contribution in [3.8, 4) is 17.1 Å². The van der Waals surface area contributed by atoms with Gasteiger partial charge in [0.05, 0.1) is 11.7 Å². The van der Waals surface area contributed by atoms with Gasteiger partial charge in [-0.05, 0) is 38.0 Å². The number of benzene rings is 2. The van der Waals surface area contributed by atoms with Crippen LogP contribution in [0.25, 0.3) is 17.1 Å². The summed E-state index contributed by atoms with van der Waals surface area (Å²) in [6, 6.07) is 18.0. The molecule has 7 nitrogen and oxygen atoms in total. The van der Waals surface area contributed by atoms with Crippen molar-refractivity contribution in [3.05, 3.63) is 60.2 Å². The van der Waals surface area contributed by atoms with Crippen LogP contribution in [-0.2, 0) is 9.59 Å². The number of hydrogen-bond acceptors (Lipinski definition) is 5. The predicted molar refractivity (Wildman–Crippen MR) is 121 cm³/mol. The molecule has 1 aliphatic rings. The van der Waals surface area contributed by atoms with Gasteiger partial charge >= 0.3 is 0 Å². The standard InChI is InChI=1S/C23H25N5O2S/c1-16-7-5-8-17(13-16)22-25-26-23(28(22)19-10-3-2-4-11-19)31-15-20(29)27-12-6-9-18(14-27)21(24)30/h2-5,7-8,10-11,13,18H,6,9,12,14-15H2,1H3,(H2,24,30). The van der Waals surface area contributed by atoms with Crippen molar-refractivity contribution in [1.29, 1.82) is 0 Å². The fraction of sp³-hybridized carbons (Fsp3) is 0.304. The number of para-hydroxylation sites is 1. The average Bonchev–Trinajstić information content (AvgIpc) is 3.22. The van der Waals surface area contributed by atoms with E-state index in [1.165, 1.54) is 11.8 Å². The summed E-state index contributed by atoms with van der Waals surface area (Å²) in [6.07, 6.45) is 1.54. The SMILES string of the molecule is Cc1cccc(-c2nnc(SCC(=O)N3CCCC(C(N)=O)C3)n2-c2ccccc2)c1. The zero-order chi connectivity index (χ0) is 21.8. The van der Waals surface area contributed by atoms with Crippen LogP contribution in [0.4, 0.5) is 0 Å². The van der Waals surface area contributed by atoms with E-state index in [1.807, 2.05) is 60.0 Å². The fourth-order valence-corrected chi connectivity index (χ4v) is 4.65. The Morgan fingerprint density at radius 1 is 1.13 bits per heavy atom. The molecule has 0 bridgehead atoms. The highest BCUT2D eigenvalue weighted by atomic mass is 32.2. The Balaban J connectivity index is 1.57. The number of rotatable bonds is 6. The van der Waals surface area contributed by atoms with E-state index in [9.17, 15) is 9.59 Å². The number of carbonyl (C=O) groups excluding carboxylic acids is 2. The van der Waals surface area contributed by atoms with Gasteiger partial charge in [-0.2, -0.15) is 0 Å². The Morgan fingerprint density at radius 2 is 1.94 bits per heavy atom. The minimum Gasteiger partial charge on any atom is -0.369 e. The minimum absolute atomic E-state index is 0.0179. The van der Waals surface area contributed by atoms with E-state index < -0.39 is 0 Å². The van der Waals surface area contributed by atoms with Crippen LogP contribution in [-0.4, -0.2) is 50.3 Å². The van der Waals surface area contributed by atoms with E-state index in [1.54, 1.807) is 4.90 Å². The number of nitrogens with zero attached hydrogens (tertiary/aromatic N) is 4. The summed E-state index contributed by atoms with van der Waals surface area (Å²) >= 11 is 1.35. The lowest BCUT2D eigenvalue weighted by atomic mass is 9.97. The number of hydrogen-bond donors (Lipinski definition) is 1. The first-order valence-corrected chi connectivity index (χ1v) is 11.3. The maximum atomic E-state index is 12.8. The van der Waals surface area contributed by atoms with Gasteiger partial charge in [0.25, 0.3) is 0 Å². The number of aromatic nitrogens is 3. The molecule has 2 aromatic carbocycles. The lowest BCUT2D eigenvalue weighted by molar-refractivity contribution is -0.132. The fourth-order valence-electron chi connectivity index (χ4n) is 3.80. The van der Waals surface area contributed by atoms with E-state index in [0.29, 0.717) is 18.2 Å². The molecule has 0 saturated carbocycles. The zero-order valence-electron chi connectivity index (χ0n) is 17.4. The minimum atomic E-state index is -0.336. The van der Waals surface area contributed by atoms with Gasteiger partial charge in [-0.1, -0.05) is 53.7 Å². The second-order valence-corrected chi connectivity index (χ2v) is 8.66. The number of thioether (sulfide) groups is 1. The summed E-state index contributed by atoms with van der Waals surface area (Å²) in [5.41, 5.74) is 8.48. The van der Waals surface area contributed by atoms with Crippen molar-refractivity contribution in [2.24, 2.45) is 11.7 Å². The molecule has 160 valence electrons. The van der Waals surface area contributed by atoms with Gasteiger partial charge in [-0.3, -0.25) is 14.2 Å². The first kappa shape index (κ1) is 21.1. The van der Waals surface area contributed by atoms with Crippen molar-refractivity contribution in [2.45, 2.75) is 24.9 Å². The Kier molecular flexibility index (Phi) is 6.36. The molecule has 2 N–H and O–H groups in total. The van der Waals surface area contributed by atoms with Gasteiger partial charge in [0.2, 0.25) is 11.8 Å². The van der Waals surface area contributed by atoms with Gasteiger partial charge in [0.15, 0.2) is 11.0 Å². The van der Waals surface area contributed by atoms with Crippen molar-refractivity contribution in [3.63, 3.8) is 0 Å². The number of aryl methyl sites for hydroxylation is 1. The first-order chi connectivity index (χ1) is 15.0. The normalized spacial score (nSPS) is 16.3. The van der Waals surface area contributed by atoms with E-state index in [0.717, 1.165) is 35.5 Å². The number of amides is 2. The lowest BCUT2D eigenvalue weighted by Crippen LogP contribution is -2.44. The third kappa shape index (κ3) is 4.80. The van der Waals surface area contributed by atoms with Crippen molar-refractivity contribution >= 4 is 23.6 Å². The number of nitrogens with two attached hydrogens (primary N) is 1. The maximum absolute atomic E-state index is 12.8. The molecule has 2 amide bonds. The Morgan fingerprint density at radius 3 is 2.68 bits per heavy atom. The summed E-state index contributed by atoms with van der Waals surface area (Å²) < 4.78 is 1.98. The second kappa shape index (κ2) is 9.34. The van der Waals surface area contributed by atoms with Crippen molar-refractivity contribution in [1.82, 2.24) is 19.7 Å². The Bertz CT molecular complexity index is 1080. The zero-order valence-corrected chi connectivity index (χ0v) is 18.2. The van der Waals surface area contributed by atoms with Crippen LogP contribution in [0.2, 0.25) is 0 Å². The molecule has 4 rings (SSSR count). The number of piperidine rings is 1. The summed E-state index contributed by atoms with van der Waals surface area (Å²) in [7, 11) is 0. The Hall–Kier alpha value is -3.13. The molecule has 1 fully saturated rings. The highest BCUT2D eigenvalue weighted by Crippen LogP contribution is 2.29. The molecule has 1 atom stereocenters. The predicted octanol–water partition coefficient (Wildman–Crippen LogP) is 3.06. The van der Waals surface area contributed by atoms with Crippen LogP contribution in [0.3, 0.4) is 0 Å². The molecule has 1 aliphatic heterocycles. The molecule has 8 heteroatoms. The van der Waals surface area contributed by atoms with E-state index in [-0.39, 0.29) is 23.5 Å². The molecule has 1 aromatic heterocycles.